The third-order valence-electron chi connectivity index (χ3n) is 4.10. The van der Waals surface area contributed by atoms with Gasteiger partial charge in [-0.1, -0.05) is 19.1 Å². The number of amides is 1. The lowest BCUT2D eigenvalue weighted by Gasteiger charge is -2.12. The monoisotopic (exact) mass is 406 g/mol. The number of hydrogen-bond acceptors (Lipinski definition) is 5. The van der Waals surface area contributed by atoms with Gasteiger partial charge in [-0.25, -0.2) is 0 Å². The SMILES string of the molecule is CCCOc1ccc(/C=C/C(=O)Nc2ccn(Cc3ccccn3)n2)cc1OCC. The first-order valence-corrected chi connectivity index (χ1v) is 10.00. The summed E-state index contributed by atoms with van der Waals surface area (Å²) in [5.41, 5.74) is 1.74. The van der Waals surface area contributed by atoms with Gasteiger partial charge in [-0.05, 0) is 49.2 Å². The maximum Gasteiger partial charge on any atom is 0.249 e. The van der Waals surface area contributed by atoms with Crippen LogP contribution in [0.2, 0.25) is 0 Å². The van der Waals surface area contributed by atoms with Crippen LogP contribution in [0.1, 0.15) is 31.5 Å². The molecule has 156 valence electrons. The number of carbonyl (C=O) groups is 1. The highest BCUT2D eigenvalue weighted by atomic mass is 16.5. The molecular weight excluding hydrogens is 380 g/mol. The standard InChI is InChI=1S/C23H26N4O3/c1-3-15-30-20-10-8-18(16-21(20)29-4-2)9-11-23(28)25-22-12-14-27(26-22)17-19-7-5-6-13-24-19/h5-14,16H,3-4,15,17H2,1-2H3,(H,25,26,28)/b11-9+. The Kier molecular flexibility index (Phi) is 7.60. The van der Waals surface area contributed by atoms with Gasteiger partial charge in [-0.15, -0.1) is 0 Å². The smallest absolute Gasteiger partial charge is 0.249 e. The highest BCUT2D eigenvalue weighted by Crippen LogP contribution is 2.29. The molecular formula is C23H26N4O3. The maximum absolute atomic E-state index is 12.3. The Bertz CT molecular complexity index is 983. The highest BCUT2D eigenvalue weighted by molar-refractivity contribution is 6.01. The fraction of sp³-hybridized carbons (Fsp3) is 0.261. The molecule has 2 aromatic heterocycles. The van der Waals surface area contributed by atoms with E-state index >= 15 is 0 Å². The van der Waals surface area contributed by atoms with Crippen LogP contribution in [0.5, 0.6) is 11.5 Å². The Morgan fingerprint density at radius 3 is 2.80 bits per heavy atom. The fourth-order valence-corrected chi connectivity index (χ4v) is 2.74. The molecule has 0 radical (unpaired) electrons. The average molecular weight is 406 g/mol. The van der Waals surface area contributed by atoms with Crippen LogP contribution in [-0.4, -0.2) is 33.9 Å². The van der Waals surface area contributed by atoms with Crippen molar-refractivity contribution in [2.24, 2.45) is 0 Å². The lowest BCUT2D eigenvalue weighted by Crippen LogP contribution is -2.09. The zero-order chi connectivity index (χ0) is 21.2. The number of hydrogen-bond donors (Lipinski definition) is 1. The Balaban J connectivity index is 1.60. The van der Waals surface area contributed by atoms with Gasteiger partial charge >= 0.3 is 0 Å². The largest absolute Gasteiger partial charge is 0.490 e. The van der Waals surface area contributed by atoms with Gasteiger partial charge in [0.2, 0.25) is 5.91 Å². The molecule has 0 bridgehead atoms. The molecule has 3 aromatic rings. The van der Waals surface area contributed by atoms with Crippen molar-refractivity contribution in [2.75, 3.05) is 18.5 Å². The van der Waals surface area contributed by atoms with Crippen molar-refractivity contribution in [3.63, 3.8) is 0 Å². The summed E-state index contributed by atoms with van der Waals surface area (Å²) >= 11 is 0. The van der Waals surface area contributed by atoms with Crippen molar-refractivity contribution >= 4 is 17.8 Å². The predicted molar refractivity (Wildman–Crippen MR) is 117 cm³/mol. The molecule has 0 fully saturated rings. The number of benzene rings is 1. The number of nitrogens with one attached hydrogen (secondary N) is 1. The van der Waals surface area contributed by atoms with Crippen molar-refractivity contribution in [3.05, 3.63) is 72.2 Å². The number of rotatable bonds is 10. The molecule has 0 unspecified atom stereocenters. The summed E-state index contributed by atoms with van der Waals surface area (Å²) in [7, 11) is 0. The molecule has 0 saturated heterocycles. The van der Waals surface area contributed by atoms with Gasteiger partial charge in [0, 0.05) is 24.5 Å². The first-order chi connectivity index (χ1) is 14.7. The Labute approximate surface area is 176 Å². The lowest BCUT2D eigenvalue weighted by molar-refractivity contribution is -0.111. The summed E-state index contributed by atoms with van der Waals surface area (Å²) in [5, 5.41) is 7.12. The molecule has 0 spiro atoms. The molecule has 0 saturated carbocycles. The van der Waals surface area contributed by atoms with E-state index in [2.05, 4.69) is 22.3 Å². The van der Waals surface area contributed by atoms with Gasteiger partial charge < -0.3 is 14.8 Å². The molecule has 3 rings (SSSR count). The van der Waals surface area contributed by atoms with E-state index in [1.807, 2.05) is 43.3 Å². The topological polar surface area (TPSA) is 78.3 Å². The van der Waals surface area contributed by atoms with Crippen molar-refractivity contribution < 1.29 is 14.3 Å². The summed E-state index contributed by atoms with van der Waals surface area (Å²) in [6, 6.07) is 13.1. The Morgan fingerprint density at radius 2 is 2.03 bits per heavy atom. The van der Waals surface area contributed by atoms with Crippen LogP contribution in [0, 0.1) is 0 Å². The summed E-state index contributed by atoms with van der Waals surface area (Å²) in [5.74, 6) is 1.60. The van der Waals surface area contributed by atoms with Crippen LogP contribution in [0.3, 0.4) is 0 Å². The second kappa shape index (κ2) is 10.8. The zero-order valence-corrected chi connectivity index (χ0v) is 17.2. The van der Waals surface area contributed by atoms with E-state index < -0.39 is 0 Å². The van der Waals surface area contributed by atoms with E-state index in [9.17, 15) is 4.79 Å². The third kappa shape index (κ3) is 6.20. The fourth-order valence-electron chi connectivity index (χ4n) is 2.74. The first kappa shape index (κ1) is 21.1. The number of ether oxygens (including phenoxy) is 2. The second-order valence-corrected chi connectivity index (χ2v) is 6.53. The normalized spacial score (nSPS) is 10.9. The number of nitrogens with zero attached hydrogens (tertiary/aromatic N) is 3. The molecule has 2 heterocycles. The molecule has 1 N–H and O–H groups in total. The van der Waals surface area contributed by atoms with Crippen molar-refractivity contribution in [1.29, 1.82) is 0 Å². The zero-order valence-electron chi connectivity index (χ0n) is 17.2. The van der Waals surface area contributed by atoms with Crippen molar-refractivity contribution in [1.82, 2.24) is 14.8 Å². The van der Waals surface area contributed by atoms with Gasteiger partial charge in [-0.2, -0.15) is 5.10 Å². The minimum absolute atomic E-state index is 0.262. The molecule has 0 atom stereocenters. The van der Waals surface area contributed by atoms with Crippen LogP contribution in [-0.2, 0) is 11.3 Å². The van der Waals surface area contributed by atoms with Gasteiger partial charge in [0.05, 0.1) is 25.5 Å². The number of anilines is 1. The highest BCUT2D eigenvalue weighted by Gasteiger charge is 2.07. The minimum atomic E-state index is -0.262. The Hall–Kier alpha value is -3.61. The molecule has 0 aliphatic rings. The van der Waals surface area contributed by atoms with Gasteiger partial charge in [0.25, 0.3) is 0 Å². The number of aromatic nitrogens is 3. The maximum atomic E-state index is 12.3. The predicted octanol–water partition coefficient (Wildman–Crippen LogP) is 4.17. The Morgan fingerprint density at radius 1 is 1.13 bits per heavy atom. The summed E-state index contributed by atoms with van der Waals surface area (Å²) in [6.07, 6.45) is 7.66. The molecule has 1 aromatic carbocycles. The van der Waals surface area contributed by atoms with Gasteiger partial charge in [-0.3, -0.25) is 14.5 Å². The minimum Gasteiger partial charge on any atom is -0.490 e. The van der Waals surface area contributed by atoms with Crippen LogP contribution in [0.15, 0.2) is 60.9 Å². The molecule has 0 aliphatic carbocycles. The molecule has 7 heteroatoms. The second-order valence-electron chi connectivity index (χ2n) is 6.53. The first-order valence-electron chi connectivity index (χ1n) is 10.00. The summed E-state index contributed by atoms with van der Waals surface area (Å²) < 4.78 is 13.1. The number of carbonyl (C=O) groups excluding carboxylic acids is 1. The molecule has 0 aliphatic heterocycles. The van der Waals surface area contributed by atoms with E-state index in [0.717, 1.165) is 17.7 Å². The van der Waals surface area contributed by atoms with E-state index in [0.29, 0.717) is 37.1 Å². The van der Waals surface area contributed by atoms with E-state index in [4.69, 9.17) is 9.47 Å². The van der Waals surface area contributed by atoms with E-state index in [1.165, 1.54) is 6.08 Å². The van der Waals surface area contributed by atoms with E-state index in [-0.39, 0.29) is 5.91 Å². The van der Waals surface area contributed by atoms with Crippen LogP contribution < -0.4 is 14.8 Å². The molecule has 30 heavy (non-hydrogen) atoms. The lowest BCUT2D eigenvalue weighted by atomic mass is 10.2. The van der Waals surface area contributed by atoms with Gasteiger partial charge in [0.15, 0.2) is 17.3 Å². The molecule has 1 amide bonds. The average Bonchev–Trinajstić information content (AvgIpc) is 3.19. The molecule has 7 nitrogen and oxygen atoms in total. The third-order valence-corrected chi connectivity index (χ3v) is 4.10. The van der Waals surface area contributed by atoms with Crippen LogP contribution in [0.25, 0.3) is 6.08 Å². The van der Waals surface area contributed by atoms with Crippen LogP contribution >= 0.6 is 0 Å². The summed E-state index contributed by atoms with van der Waals surface area (Å²) in [6.45, 7) is 5.69. The van der Waals surface area contributed by atoms with Crippen LogP contribution in [0.4, 0.5) is 5.82 Å². The summed E-state index contributed by atoms with van der Waals surface area (Å²) in [4.78, 5) is 16.5. The van der Waals surface area contributed by atoms with Gasteiger partial charge in [0.1, 0.15) is 0 Å². The van der Waals surface area contributed by atoms with E-state index in [1.54, 1.807) is 29.2 Å². The van der Waals surface area contributed by atoms with Crippen molar-refractivity contribution in [3.8, 4) is 11.5 Å². The number of pyridine rings is 1. The van der Waals surface area contributed by atoms with Crippen molar-refractivity contribution in [2.45, 2.75) is 26.8 Å². The quantitative estimate of drug-likeness (QED) is 0.512.